The summed E-state index contributed by atoms with van der Waals surface area (Å²) in [5.41, 5.74) is 2.88. The van der Waals surface area contributed by atoms with Gasteiger partial charge in [0.2, 0.25) is 0 Å². The van der Waals surface area contributed by atoms with Crippen LogP contribution in [0.1, 0.15) is 77.6 Å². The molecular weight excluding hydrogens is 284 g/mol. The summed E-state index contributed by atoms with van der Waals surface area (Å²) >= 11 is 0. The lowest BCUT2D eigenvalue weighted by atomic mass is 9.95. The van der Waals surface area contributed by atoms with Gasteiger partial charge in [-0.05, 0) is 25.2 Å². The topological polar surface area (TPSA) is 72.2 Å². The minimum Gasteiger partial charge on any atom is -0.271 e. The summed E-state index contributed by atoms with van der Waals surface area (Å²) in [6, 6.07) is 0.281. The summed E-state index contributed by atoms with van der Waals surface area (Å²) in [6.07, 6.45) is 13.3. The van der Waals surface area contributed by atoms with Crippen LogP contribution in [0.2, 0.25) is 0 Å². The van der Waals surface area contributed by atoms with Crippen molar-refractivity contribution >= 4 is 9.84 Å². The number of hydrogen-bond donors (Lipinski definition) is 2. The highest BCUT2D eigenvalue weighted by Gasteiger charge is 2.29. The van der Waals surface area contributed by atoms with Gasteiger partial charge in [-0.3, -0.25) is 11.3 Å². The fraction of sp³-hybridized carbons (Fsp3) is 1.00. The summed E-state index contributed by atoms with van der Waals surface area (Å²) in [5.74, 6) is 6.66. The molecule has 21 heavy (non-hydrogen) atoms. The standard InChI is InChI=1S/C16H34N2O2S/c1-2-3-4-5-6-7-8-9-10-16(18-17)13-15-11-12-21(19,20)14-15/h15-16,18H,2-14,17H2,1H3. The van der Waals surface area contributed by atoms with Crippen molar-refractivity contribution in [2.45, 2.75) is 83.6 Å². The fourth-order valence-corrected chi connectivity index (χ4v) is 5.13. The monoisotopic (exact) mass is 318 g/mol. The smallest absolute Gasteiger partial charge is 0.150 e. The lowest BCUT2D eigenvalue weighted by molar-refractivity contribution is 0.379. The molecule has 4 nitrogen and oxygen atoms in total. The molecule has 0 bridgehead atoms. The molecule has 0 aromatic heterocycles. The molecule has 2 atom stereocenters. The van der Waals surface area contributed by atoms with Crippen LogP contribution in [0.15, 0.2) is 0 Å². The zero-order chi connectivity index (χ0) is 15.6. The predicted molar refractivity (Wildman–Crippen MR) is 89.7 cm³/mol. The van der Waals surface area contributed by atoms with Gasteiger partial charge in [0, 0.05) is 6.04 Å². The first-order valence-electron chi connectivity index (χ1n) is 8.74. The molecular formula is C16H34N2O2S. The average molecular weight is 319 g/mol. The van der Waals surface area contributed by atoms with Crippen molar-refractivity contribution in [3.8, 4) is 0 Å². The van der Waals surface area contributed by atoms with E-state index in [2.05, 4.69) is 12.3 Å². The third kappa shape index (κ3) is 8.79. The van der Waals surface area contributed by atoms with Gasteiger partial charge >= 0.3 is 0 Å². The van der Waals surface area contributed by atoms with Crippen molar-refractivity contribution in [1.82, 2.24) is 5.43 Å². The largest absolute Gasteiger partial charge is 0.271 e. The molecule has 1 aliphatic rings. The van der Waals surface area contributed by atoms with Crippen molar-refractivity contribution in [2.24, 2.45) is 11.8 Å². The summed E-state index contributed by atoms with van der Waals surface area (Å²) in [5, 5.41) is 0. The van der Waals surface area contributed by atoms with Crippen molar-refractivity contribution < 1.29 is 8.42 Å². The number of nitrogens with two attached hydrogens (primary N) is 1. The van der Waals surface area contributed by atoms with Crippen molar-refractivity contribution in [3.63, 3.8) is 0 Å². The number of hydrogen-bond acceptors (Lipinski definition) is 4. The number of hydrazine groups is 1. The molecule has 1 saturated heterocycles. The van der Waals surface area contributed by atoms with E-state index in [9.17, 15) is 8.42 Å². The van der Waals surface area contributed by atoms with Gasteiger partial charge in [0.15, 0.2) is 9.84 Å². The third-order valence-electron chi connectivity index (χ3n) is 4.59. The van der Waals surface area contributed by atoms with Crippen molar-refractivity contribution in [2.75, 3.05) is 11.5 Å². The Morgan fingerprint density at radius 3 is 2.24 bits per heavy atom. The second kappa shape index (κ2) is 10.6. The molecule has 1 fully saturated rings. The lowest BCUT2D eigenvalue weighted by Gasteiger charge is -2.19. The van der Waals surface area contributed by atoms with Gasteiger partial charge in [-0.25, -0.2) is 8.42 Å². The Labute approximate surface area is 131 Å². The minimum absolute atomic E-state index is 0.281. The van der Waals surface area contributed by atoms with E-state index < -0.39 is 9.84 Å². The normalized spacial score (nSPS) is 22.5. The van der Waals surface area contributed by atoms with E-state index in [4.69, 9.17) is 5.84 Å². The second-order valence-corrected chi connectivity index (χ2v) is 8.86. The maximum atomic E-state index is 11.5. The molecule has 126 valence electrons. The Kier molecular flexibility index (Phi) is 9.52. The molecule has 1 aliphatic heterocycles. The Morgan fingerprint density at radius 1 is 1.10 bits per heavy atom. The summed E-state index contributed by atoms with van der Waals surface area (Å²) in [6.45, 7) is 2.25. The molecule has 0 radical (unpaired) electrons. The Balaban J connectivity index is 2.04. The van der Waals surface area contributed by atoms with Gasteiger partial charge in [-0.2, -0.15) is 0 Å². The molecule has 0 aromatic rings. The van der Waals surface area contributed by atoms with E-state index in [1.165, 1.54) is 51.4 Å². The Morgan fingerprint density at radius 2 is 1.71 bits per heavy atom. The zero-order valence-electron chi connectivity index (χ0n) is 13.6. The maximum Gasteiger partial charge on any atom is 0.150 e. The molecule has 0 aliphatic carbocycles. The Bertz CT molecular complexity index is 357. The summed E-state index contributed by atoms with van der Waals surface area (Å²) in [4.78, 5) is 0. The van der Waals surface area contributed by atoms with E-state index in [1.54, 1.807) is 0 Å². The SMILES string of the molecule is CCCCCCCCCCC(CC1CCS(=O)(=O)C1)NN. The number of unbranched alkanes of at least 4 members (excludes halogenated alkanes) is 7. The number of rotatable bonds is 12. The summed E-state index contributed by atoms with van der Waals surface area (Å²) in [7, 11) is -2.76. The van der Waals surface area contributed by atoms with Crippen LogP contribution < -0.4 is 11.3 Å². The van der Waals surface area contributed by atoms with Gasteiger partial charge in [0.05, 0.1) is 11.5 Å². The van der Waals surface area contributed by atoms with Crippen LogP contribution in [-0.4, -0.2) is 26.0 Å². The van der Waals surface area contributed by atoms with Crippen molar-refractivity contribution in [3.05, 3.63) is 0 Å². The fourth-order valence-electron chi connectivity index (χ4n) is 3.25. The molecule has 5 heteroatoms. The van der Waals surface area contributed by atoms with Gasteiger partial charge in [-0.15, -0.1) is 0 Å². The molecule has 0 saturated carbocycles. The van der Waals surface area contributed by atoms with Crippen LogP contribution in [0.3, 0.4) is 0 Å². The third-order valence-corrected chi connectivity index (χ3v) is 6.42. The molecule has 0 aromatic carbocycles. The van der Waals surface area contributed by atoms with Gasteiger partial charge in [-0.1, -0.05) is 58.3 Å². The average Bonchev–Trinajstić information content (AvgIpc) is 2.79. The quantitative estimate of drug-likeness (QED) is 0.329. The van der Waals surface area contributed by atoms with E-state index >= 15 is 0 Å². The van der Waals surface area contributed by atoms with Crippen LogP contribution >= 0.6 is 0 Å². The van der Waals surface area contributed by atoms with Crippen LogP contribution in [0.4, 0.5) is 0 Å². The zero-order valence-corrected chi connectivity index (χ0v) is 14.5. The first-order chi connectivity index (χ1) is 10.1. The highest BCUT2D eigenvalue weighted by molar-refractivity contribution is 7.91. The molecule has 1 rings (SSSR count). The summed E-state index contributed by atoms with van der Waals surface area (Å²) < 4.78 is 22.9. The lowest BCUT2D eigenvalue weighted by Crippen LogP contribution is -2.36. The minimum atomic E-state index is -2.76. The van der Waals surface area contributed by atoms with Gasteiger partial charge < -0.3 is 0 Å². The van der Waals surface area contributed by atoms with Crippen LogP contribution in [-0.2, 0) is 9.84 Å². The van der Waals surface area contributed by atoms with E-state index in [-0.39, 0.29) is 6.04 Å². The maximum absolute atomic E-state index is 11.5. The van der Waals surface area contributed by atoms with Gasteiger partial charge in [0.1, 0.15) is 0 Å². The van der Waals surface area contributed by atoms with E-state index in [0.29, 0.717) is 17.4 Å². The molecule has 2 unspecified atom stereocenters. The number of nitrogens with one attached hydrogen (secondary N) is 1. The number of sulfone groups is 1. The van der Waals surface area contributed by atoms with Crippen LogP contribution in [0.5, 0.6) is 0 Å². The molecule has 3 N–H and O–H groups in total. The van der Waals surface area contributed by atoms with Crippen molar-refractivity contribution in [1.29, 1.82) is 0 Å². The Hall–Kier alpha value is -0.130. The van der Waals surface area contributed by atoms with Gasteiger partial charge in [0.25, 0.3) is 0 Å². The highest BCUT2D eigenvalue weighted by atomic mass is 32.2. The molecule has 0 amide bonds. The van der Waals surface area contributed by atoms with E-state index in [0.717, 1.165) is 19.3 Å². The predicted octanol–water partition coefficient (Wildman–Crippen LogP) is 3.17. The second-order valence-electron chi connectivity index (χ2n) is 6.63. The van der Waals surface area contributed by atoms with Crippen LogP contribution in [0, 0.1) is 5.92 Å². The van der Waals surface area contributed by atoms with Crippen LogP contribution in [0.25, 0.3) is 0 Å². The first kappa shape index (κ1) is 18.9. The first-order valence-corrected chi connectivity index (χ1v) is 10.6. The van der Waals surface area contributed by atoms with E-state index in [1.807, 2.05) is 0 Å². The highest BCUT2D eigenvalue weighted by Crippen LogP contribution is 2.24. The molecule has 1 heterocycles. The molecule has 0 spiro atoms.